The van der Waals surface area contributed by atoms with Gasteiger partial charge in [0.15, 0.2) is 6.10 Å². The van der Waals surface area contributed by atoms with E-state index in [0.29, 0.717) is 5.75 Å². The lowest BCUT2D eigenvalue weighted by molar-refractivity contribution is -0.127. The van der Waals surface area contributed by atoms with Crippen molar-refractivity contribution in [3.05, 3.63) is 29.8 Å². The van der Waals surface area contributed by atoms with Crippen LogP contribution in [0, 0.1) is 0 Å². The Morgan fingerprint density at radius 2 is 1.89 bits per heavy atom. The predicted octanol–water partition coefficient (Wildman–Crippen LogP) is 1.86. The maximum absolute atomic E-state index is 11.6. The maximum atomic E-state index is 11.6. The first kappa shape index (κ1) is 15.5. The zero-order valence-corrected chi connectivity index (χ0v) is 12.1. The molecule has 0 aliphatic carbocycles. The molecule has 1 aromatic carbocycles. The number of ether oxygens (including phenoxy) is 1. The van der Waals surface area contributed by atoms with Crippen molar-refractivity contribution in [3.8, 4) is 5.75 Å². The first-order chi connectivity index (χ1) is 8.84. The molecule has 4 nitrogen and oxygen atoms in total. The zero-order valence-electron chi connectivity index (χ0n) is 12.1. The van der Waals surface area contributed by atoms with Gasteiger partial charge in [-0.05, 0) is 30.0 Å². The molecule has 0 bridgehead atoms. The summed E-state index contributed by atoms with van der Waals surface area (Å²) in [6.07, 6.45) is -0.577. The molecule has 0 radical (unpaired) electrons. The summed E-state index contributed by atoms with van der Waals surface area (Å²) in [6.45, 7) is 8.30. The molecule has 1 rings (SSSR count). The molecular weight excluding hydrogens is 242 g/mol. The van der Waals surface area contributed by atoms with Crippen molar-refractivity contribution in [2.45, 2.75) is 39.2 Å². The summed E-state index contributed by atoms with van der Waals surface area (Å²) in [6, 6.07) is 7.76. The van der Waals surface area contributed by atoms with E-state index in [1.54, 1.807) is 6.92 Å². The Morgan fingerprint density at radius 3 is 2.37 bits per heavy atom. The van der Waals surface area contributed by atoms with Gasteiger partial charge in [0.25, 0.3) is 5.91 Å². The normalized spacial score (nSPS) is 12.9. The minimum Gasteiger partial charge on any atom is -0.481 e. The molecule has 1 atom stereocenters. The van der Waals surface area contributed by atoms with Crippen molar-refractivity contribution in [3.63, 3.8) is 0 Å². The van der Waals surface area contributed by atoms with E-state index in [0.717, 1.165) is 0 Å². The molecule has 0 aliphatic heterocycles. The molecule has 106 valence electrons. The molecule has 19 heavy (non-hydrogen) atoms. The van der Waals surface area contributed by atoms with Crippen molar-refractivity contribution in [2.24, 2.45) is 0 Å². The molecule has 1 unspecified atom stereocenters. The summed E-state index contributed by atoms with van der Waals surface area (Å²) in [5.74, 6) is 0.439. The fraction of sp³-hybridized carbons (Fsp3) is 0.533. The average molecular weight is 265 g/mol. The number of aliphatic hydroxyl groups is 1. The fourth-order valence-electron chi connectivity index (χ4n) is 1.61. The fourth-order valence-corrected chi connectivity index (χ4v) is 1.61. The number of hydrogen-bond donors (Lipinski definition) is 2. The highest BCUT2D eigenvalue weighted by atomic mass is 16.5. The molecule has 1 aromatic rings. The molecule has 0 saturated heterocycles. The summed E-state index contributed by atoms with van der Waals surface area (Å²) in [5, 5.41) is 11.2. The molecule has 0 saturated carbocycles. The lowest BCUT2D eigenvalue weighted by atomic mass is 9.87. The molecule has 4 heteroatoms. The third-order valence-electron chi connectivity index (χ3n) is 2.81. The Hall–Kier alpha value is -1.55. The van der Waals surface area contributed by atoms with Crippen LogP contribution in [0.2, 0.25) is 0 Å². The van der Waals surface area contributed by atoms with Gasteiger partial charge in [0.05, 0.1) is 6.61 Å². The van der Waals surface area contributed by atoms with Crippen LogP contribution in [0.1, 0.15) is 33.3 Å². The van der Waals surface area contributed by atoms with Crippen molar-refractivity contribution >= 4 is 5.91 Å². The van der Waals surface area contributed by atoms with Gasteiger partial charge in [0.2, 0.25) is 0 Å². The highest BCUT2D eigenvalue weighted by Crippen LogP contribution is 2.24. The van der Waals surface area contributed by atoms with Gasteiger partial charge in [0.1, 0.15) is 5.75 Å². The zero-order chi connectivity index (χ0) is 14.5. The van der Waals surface area contributed by atoms with E-state index in [2.05, 4.69) is 26.1 Å². The van der Waals surface area contributed by atoms with Crippen LogP contribution >= 0.6 is 0 Å². The van der Waals surface area contributed by atoms with Gasteiger partial charge < -0.3 is 15.2 Å². The van der Waals surface area contributed by atoms with E-state index in [9.17, 15) is 4.79 Å². The summed E-state index contributed by atoms with van der Waals surface area (Å²) >= 11 is 0. The number of hydrogen-bond acceptors (Lipinski definition) is 3. The second-order valence-electron chi connectivity index (χ2n) is 5.55. The third-order valence-corrected chi connectivity index (χ3v) is 2.81. The van der Waals surface area contributed by atoms with E-state index in [1.165, 1.54) is 5.56 Å². The molecule has 2 N–H and O–H groups in total. The Labute approximate surface area is 114 Å². The summed E-state index contributed by atoms with van der Waals surface area (Å²) in [5.41, 5.74) is 1.32. The van der Waals surface area contributed by atoms with Gasteiger partial charge >= 0.3 is 0 Å². The van der Waals surface area contributed by atoms with E-state index in [-0.39, 0.29) is 24.5 Å². The van der Waals surface area contributed by atoms with E-state index in [1.807, 2.05) is 24.3 Å². The number of benzene rings is 1. The van der Waals surface area contributed by atoms with Gasteiger partial charge in [-0.3, -0.25) is 4.79 Å². The van der Waals surface area contributed by atoms with Crippen molar-refractivity contribution in [1.29, 1.82) is 0 Å². The molecule has 1 amide bonds. The van der Waals surface area contributed by atoms with Crippen LogP contribution in [0.4, 0.5) is 0 Å². The second-order valence-corrected chi connectivity index (χ2v) is 5.55. The van der Waals surface area contributed by atoms with Gasteiger partial charge in [-0.25, -0.2) is 0 Å². The van der Waals surface area contributed by atoms with E-state index >= 15 is 0 Å². The topological polar surface area (TPSA) is 58.6 Å². The van der Waals surface area contributed by atoms with Gasteiger partial charge in [-0.1, -0.05) is 32.9 Å². The lowest BCUT2D eigenvalue weighted by Crippen LogP contribution is -2.37. The molecule has 0 aliphatic rings. The third kappa shape index (κ3) is 4.91. The minimum absolute atomic E-state index is 0.0707. The number of nitrogens with one attached hydrogen (secondary N) is 1. The second kappa shape index (κ2) is 6.57. The standard InChI is InChI=1S/C15H23NO3/c1-11(14(18)16-9-10-17)19-13-7-5-12(6-8-13)15(2,3)4/h5-8,11,17H,9-10H2,1-4H3,(H,16,18). The van der Waals surface area contributed by atoms with Crippen molar-refractivity contribution in [1.82, 2.24) is 5.32 Å². The van der Waals surface area contributed by atoms with Crippen LogP contribution in [0.25, 0.3) is 0 Å². The summed E-state index contributed by atoms with van der Waals surface area (Å²) < 4.78 is 5.55. The Morgan fingerprint density at radius 1 is 1.32 bits per heavy atom. The van der Waals surface area contributed by atoms with Gasteiger partial charge in [-0.15, -0.1) is 0 Å². The van der Waals surface area contributed by atoms with Crippen LogP contribution < -0.4 is 10.1 Å². The first-order valence-electron chi connectivity index (χ1n) is 6.50. The summed E-state index contributed by atoms with van der Waals surface area (Å²) in [4.78, 5) is 11.6. The molecule has 0 fully saturated rings. The smallest absolute Gasteiger partial charge is 0.260 e. The number of aliphatic hydroxyl groups excluding tert-OH is 1. The highest BCUT2D eigenvalue weighted by Gasteiger charge is 2.16. The number of amides is 1. The minimum atomic E-state index is -0.577. The Bertz CT molecular complexity index is 406. The highest BCUT2D eigenvalue weighted by molar-refractivity contribution is 5.80. The van der Waals surface area contributed by atoms with Crippen LogP contribution in [0.3, 0.4) is 0 Å². The van der Waals surface area contributed by atoms with E-state index < -0.39 is 6.10 Å². The predicted molar refractivity (Wildman–Crippen MR) is 75.3 cm³/mol. The number of rotatable bonds is 5. The van der Waals surface area contributed by atoms with Crippen molar-refractivity contribution in [2.75, 3.05) is 13.2 Å². The van der Waals surface area contributed by atoms with Crippen LogP contribution in [-0.4, -0.2) is 30.3 Å². The van der Waals surface area contributed by atoms with Gasteiger partial charge in [0, 0.05) is 6.54 Å². The van der Waals surface area contributed by atoms with Crippen LogP contribution in [0.5, 0.6) is 5.75 Å². The average Bonchev–Trinajstić information content (AvgIpc) is 2.35. The van der Waals surface area contributed by atoms with Crippen molar-refractivity contribution < 1.29 is 14.6 Å². The van der Waals surface area contributed by atoms with Gasteiger partial charge in [-0.2, -0.15) is 0 Å². The monoisotopic (exact) mass is 265 g/mol. The Balaban J connectivity index is 2.60. The number of carbonyl (C=O) groups is 1. The SMILES string of the molecule is CC(Oc1ccc(C(C)(C)C)cc1)C(=O)NCCO. The van der Waals surface area contributed by atoms with Crippen LogP contribution in [0.15, 0.2) is 24.3 Å². The lowest BCUT2D eigenvalue weighted by Gasteiger charge is -2.20. The molecule has 0 spiro atoms. The maximum Gasteiger partial charge on any atom is 0.260 e. The quantitative estimate of drug-likeness (QED) is 0.854. The largest absolute Gasteiger partial charge is 0.481 e. The van der Waals surface area contributed by atoms with Crippen LogP contribution in [-0.2, 0) is 10.2 Å². The molecular formula is C15H23NO3. The number of carbonyl (C=O) groups excluding carboxylic acids is 1. The summed E-state index contributed by atoms with van der Waals surface area (Å²) in [7, 11) is 0. The van der Waals surface area contributed by atoms with E-state index in [4.69, 9.17) is 9.84 Å². The first-order valence-corrected chi connectivity index (χ1v) is 6.50. The molecule has 0 aromatic heterocycles. The Kier molecular flexibility index (Phi) is 5.36. The molecule has 0 heterocycles.